The molecule has 6 saturated carbocycles. The van der Waals surface area contributed by atoms with Crippen molar-refractivity contribution in [3.05, 3.63) is 0 Å². The summed E-state index contributed by atoms with van der Waals surface area (Å²) in [5, 5.41) is 0. The minimum absolute atomic E-state index is 0.0308. The summed E-state index contributed by atoms with van der Waals surface area (Å²) in [6.45, 7) is 2.93. The van der Waals surface area contributed by atoms with E-state index in [4.69, 9.17) is 14.2 Å². The number of alkyl halides is 1. The Labute approximate surface area is 112 Å². The number of carbonyl (C=O) groups excluding carboxylic acids is 1. The quantitative estimate of drug-likeness (QED) is 0.534. The van der Waals surface area contributed by atoms with Crippen molar-refractivity contribution in [2.45, 2.75) is 22.6 Å². The standard InChI is InChI=1S/C13H13BrO4/c1-4(15)18-11-5-8-6(11)10-7(11)9(5)12(8,14)13(10)16-2-3-17-13/h5-10H,2-3H2,1H3/t5?,6-,7-,8-,9-,10?,11?,12?/m0/s1. The molecule has 0 unspecified atom stereocenters. The van der Waals surface area contributed by atoms with E-state index in [-0.39, 0.29) is 15.9 Å². The van der Waals surface area contributed by atoms with E-state index in [0.717, 1.165) is 0 Å². The van der Waals surface area contributed by atoms with Crippen LogP contribution in [0.25, 0.3) is 0 Å². The summed E-state index contributed by atoms with van der Waals surface area (Å²) in [7, 11) is 0. The normalized spacial score (nSPS) is 69.9. The molecule has 0 aromatic heterocycles. The summed E-state index contributed by atoms with van der Waals surface area (Å²) >= 11 is 3.97. The lowest BCUT2D eigenvalue weighted by Crippen LogP contribution is -2.96. The summed E-state index contributed by atoms with van der Waals surface area (Å²) in [6, 6.07) is 0. The van der Waals surface area contributed by atoms with E-state index in [2.05, 4.69) is 15.9 Å². The first-order valence-corrected chi connectivity index (χ1v) is 7.56. The van der Waals surface area contributed by atoms with Crippen LogP contribution >= 0.6 is 15.9 Å². The van der Waals surface area contributed by atoms with Gasteiger partial charge in [-0.1, -0.05) is 15.9 Å². The maximum absolute atomic E-state index is 11.3. The van der Waals surface area contributed by atoms with Crippen molar-refractivity contribution in [2.75, 3.05) is 13.2 Å². The minimum Gasteiger partial charge on any atom is -0.458 e. The van der Waals surface area contributed by atoms with Crippen molar-refractivity contribution in [1.82, 2.24) is 0 Å². The maximum atomic E-state index is 11.3. The highest BCUT2D eigenvalue weighted by atomic mass is 79.9. The Balaban J connectivity index is 1.49. The van der Waals surface area contributed by atoms with Gasteiger partial charge in [0.05, 0.1) is 17.5 Å². The first kappa shape index (κ1) is 9.72. The van der Waals surface area contributed by atoms with Crippen molar-refractivity contribution in [1.29, 1.82) is 0 Å². The van der Waals surface area contributed by atoms with Crippen molar-refractivity contribution >= 4 is 21.9 Å². The fraction of sp³-hybridized carbons (Fsp3) is 0.923. The topological polar surface area (TPSA) is 44.8 Å². The average molecular weight is 313 g/mol. The molecule has 7 aliphatic rings. The first-order chi connectivity index (χ1) is 8.61. The lowest BCUT2D eigenvalue weighted by atomic mass is 9.17. The fourth-order valence-corrected chi connectivity index (χ4v) is 8.60. The van der Waals surface area contributed by atoms with Gasteiger partial charge in [0, 0.05) is 30.6 Å². The molecule has 1 heterocycles. The largest absolute Gasteiger partial charge is 0.458 e. The van der Waals surface area contributed by atoms with Crippen molar-refractivity contribution in [3.8, 4) is 0 Å². The van der Waals surface area contributed by atoms with Crippen LogP contribution in [0.3, 0.4) is 0 Å². The maximum Gasteiger partial charge on any atom is 0.303 e. The predicted molar refractivity (Wildman–Crippen MR) is 61.7 cm³/mol. The number of ether oxygens (including phenoxy) is 3. The van der Waals surface area contributed by atoms with E-state index in [1.54, 1.807) is 0 Å². The van der Waals surface area contributed by atoms with Crippen molar-refractivity contribution in [2.24, 2.45) is 35.5 Å². The molecule has 0 radical (unpaired) electrons. The molecular formula is C13H13BrO4. The highest BCUT2D eigenvalue weighted by molar-refractivity contribution is 9.10. The molecule has 18 heavy (non-hydrogen) atoms. The van der Waals surface area contributed by atoms with Gasteiger partial charge in [-0.15, -0.1) is 0 Å². The van der Waals surface area contributed by atoms with Gasteiger partial charge in [-0.05, 0) is 11.8 Å². The number of carbonyl (C=O) groups is 1. The van der Waals surface area contributed by atoms with Crippen LogP contribution in [0.15, 0.2) is 0 Å². The third kappa shape index (κ3) is 0.511. The van der Waals surface area contributed by atoms with Gasteiger partial charge in [-0.2, -0.15) is 0 Å². The van der Waals surface area contributed by atoms with Gasteiger partial charge in [0.15, 0.2) is 5.79 Å². The molecule has 7 fully saturated rings. The number of halogens is 1. The van der Waals surface area contributed by atoms with E-state index in [0.29, 0.717) is 48.7 Å². The molecule has 7 rings (SSSR count). The van der Waals surface area contributed by atoms with E-state index < -0.39 is 5.79 Å². The third-order valence-corrected chi connectivity index (χ3v) is 8.47. The lowest BCUT2D eigenvalue weighted by Gasteiger charge is -2.89. The molecular weight excluding hydrogens is 300 g/mol. The Morgan fingerprint density at radius 3 is 2.22 bits per heavy atom. The van der Waals surface area contributed by atoms with Gasteiger partial charge in [-0.3, -0.25) is 4.79 Å². The molecule has 4 nitrogen and oxygen atoms in total. The van der Waals surface area contributed by atoms with E-state index in [1.807, 2.05) is 0 Å². The molecule has 96 valence electrons. The summed E-state index contributed by atoms with van der Waals surface area (Å²) in [5.41, 5.74) is -0.109. The zero-order valence-electron chi connectivity index (χ0n) is 9.89. The summed E-state index contributed by atoms with van der Waals surface area (Å²) in [5.74, 6) is 2.70. The molecule has 1 saturated heterocycles. The Morgan fingerprint density at radius 1 is 1.11 bits per heavy atom. The zero-order valence-corrected chi connectivity index (χ0v) is 11.5. The summed E-state index contributed by atoms with van der Waals surface area (Å²) in [4.78, 5) is 11.3. The molecule has 0 amide bonds. The molecule has 1 spiro atoms. The second-order valence-corrected chi connectivity index (χ2v) is 8.05. The molecule has 4 atom stereocenters. The number of hydrogen-bond donors (Lipinski definition) is 0. The van der Waals surface area contributed by atoms with Crippen LogP contribution in [0, 0.1) is 35.5 Å². The highest BCUT2D eigenvalue weighted by Crippen LogP contribution is 3.02. The minimum atomic E-state index is -0.395. The van der Waals surface area contributed by atoms with Crippen LogP contribution in [0.1, 0.15) is 6.92 Å². The average Bonchev–Trinajstić information content (AvgIpc) is 2.86. The zero-order chi connectivity index (χ0) is 12.1. The monoisotopic (exact) mass is 312 g/mol. The van der Waals surface area contributed by atoms with Crippen LogP contribution in [-0.4, -0.2) is 34.9 Å². The molecule has 2 bridgehead atoms. The molecule has 0 N–H and O–H groups in total. The van der Waals surface area contributed by atoms with Gasteiger partial charge in [0.2, 0.25) is 0 Å². The first-order valence-electron chi connectivity index (χ1n) is 6.77. The molecule has 1 aliphatic heterocycles. The molecule has 0 aromatic carbocycles. The van der Waals surface area contributed by atoms with Crippen LogP contribution in [0.5, 0.6) is 0 Å². The molecule has 6 aliphatic carbocycles. The van der Waals surface area contributed by atoms with Crippen LogP contribution in [-0.2, 0) is 19.0 Å². The van der Waals surface area contributed by atoms with Crippen molar-refractivity contribution < 1.29 is 19.0 Å². The van der Waals surface area contributed by atoms with Crippen LogP contribution < -0.4 is 0 Å². The molecule has 5 heteroatoms. The van der Waals surface area contributed by atoms with Gasteiger partial charge in [0.1, 0.15) is 5.60 Å². The van der Waals surface area contributed by atoms with E-state index in [9.17, 15) is 4.79 Å². The Morgan fingerprint density at radius 2 is 1.67 bits per heavy atom. The number of hydrogen-bond acceptors (Lipinski definition) is 4. The SMILES string of the molecule is CC(=O)OC12C3[C@H]4[C@H]1C1[C@@H]2[C@H]3C4(Br)C12OCCO2. The van der Waals surface area contributed by atoms with Crippen LogP contribution in [0.2, 0.25) is 0 Å². The van der Waals surface area contributed by atoms with E-state index in [1.165, 1.54) is 6.92 Å². The van der Waals surface area contributed by atoms with Gasteiger partial charge in [0.25, 0.3) is 0 Å². The Bertz CT molecular complexity index is 505. The van der Waals surface area contributed by atoms with Crippen molar-refractivity contribution in [3.63, 3.8) is 0 Å². The Kier molecular flexibility index (Phi) is 1.19. The number of esters is 1. The number of rotatable bonds is 1. The Hall–Kier alpha value is -0.130. The summed E-state index contributed by atoms with van der Waals surface area (Å²) < 4.78 is 17.8. The van der Waals surface area contributed by atoms with Gasteiger partial charge < -0.3 is 14.2 Å². The highest BCUT2D eigenvalue weighted by Gasteiger charge is 3.10. The lowest BCUT2D eigenvalue weighted by molar-refractivity contribution is -0.459. The van der Waals surface area contributed by atoms with E-state index >= 15 is 0 Å². The third-order valence-electron chi connectivity index (χ3n) is 6.86. The van der Waals surface area contributed by atoms with Gasteiger partial charge >= 0.3 is 5.97 Å². The fourth-order valence-electron chi connectivity index (χ4n) is 6.97. The smallest absolute Gasteiger partial charge is 0.303 e. The second kappa shape index (κ2) is 2.21. The van der Waals surface area contributed by atoms with Crippen LogP contribution in [0.4, 0.5) is 0 Å². The predicted octanol–water partition coefficient (Wildman–Crippen LogP) is 0.930. The molecule has 0 aromatic rings. The van der Waals surface area contributed by atoms with Gasteiger partial charge in [-0.25, -0.2) is 0 Å². The summed E-state index contributed by atoms with van der Waals surface area (Å²) in [6.07, 6.45) is 0. The second-order valence-electron chi connectivity index (χ2n) is 6.73.